The van der Waals surface area contributed by atoms with E-state index in [0.717, 1.165) is 18.8 Å². The fourth-order valence-corrected chi connectivity index (χ4v) is 2.51. The van der Waals surface area contributed by atoms with Gasteiger partial charge in [0.15, 0.2) is 0 Å². The van der Waals surface area contributed by atoms with E-state index in [2.05, 4.69) is 28.6 Å². The first-order valence-corrected chi connectivity index (χ1v) is 5.74. The molecule has 1 saturated heterocycles. The lowest BCUT2D eigenvalue weighted by Crippen LogP contribution is -2.07. The van der Waals surface area contributed by atoms with Gasteiger partial charge in [0, 0.05) is 23.6 Å². The normalized spacial score (nSPS) is 20.4. The maximum absolute atomic E-state index is 5.28. The van der Waals surface area contributed by atoms with Crippen LogP contribution in [-0.4, -0.2) is 25.2 Å². The Hall–Kier alpha value is -1.48. The van der Waals surface area contributed by atoms with E-state index in [9.17, 15) is 0 Å². The lowest BCUT2D eigenvalue weighted by Gasteiger charge is -2.07. The van der Waals surface area contributed by atoms with Crippen LogP contribution in [0.1, 0.15) is 17.9 Å². The second-order valence-electron chi connectivity index (χ2n) is 4.35. The second-order valence-corrected chi connectivity index (χ2v) is 4.35. The monoisotopic (exact) mass is 216 g/mol. The molecule has 0 radical (unpaired) electrons. The maximum Gasteiger partial charge on any atom is 0.119 e. The molecule has 2 heterocycles. The fourth-order valence-electron chi connectivity index (χ4n) is 2.51. The summed E-state index contributed by atoms with van der Waals surface area (Å²) in [5, 5.41) is 4.71. The molecule has 1 fully saturated rings. The van der Waals surface area contributed by atoms with Crippen LogP contribution in [0.15, 0.2) is 24.4 Å². The van der Waals surface area contributed by atoms with Gasteiger partial charge in [-0.05, 0) is 42.6 Å². The Kier molecular flexibility index (Phi) is 2.33. The zero-order chi connectivity index (χ0) is 11.0. The van der Waals surface area contributed by atoms with E-state index in [4.69, 9.17) is 4.74 Å². The quantitative estimate of drug-likeness (QED) is 0.808. The van der Waals surface area contributed by atoms with Gasteiger partial charge in [-0.15, -0.1) is 0 Å². The van der Waals surface area contributed by atoms with Gasteiger partial charge in [0.1, 0.15) is 5.75 Å². The molecule has 1 aliphatic rings. The molecule has 3 rings (SSSR count). The van der Waals surface area contributed by atoms with Gasteiger partial charge in [-0.3, -0.25) is 0 Å². The van der Waals surface area contributed by atoms with Gasteiger partial charge in [-0.2, -0.15) is 0 Å². The highest BCUT2D eigenvalue weighted by Crippen LogP contribution is 2.31. The zero-order valence-electron chi connectivity index (χ0n) is 9.42. The Bertz CT molecular complexity index is 498. The molecule has 84 valence electrons. The average molecular weight is 216 g/mol. The number of aromatic amines is 1. The number of H-pyrrole nitrogens is 1. The van der Waals surface area contributed by atoms with Crippen molar-refractivity contribution in [3.05, 3.63) is 30.0 Å². The number of ether oxygens (including phenoxy) is 1. The summed E-state index contributed by atoms with van der Waals surface area (Å²) < 4.78 is 5.28. The standard InChI is InChI=1S/C13H16N2O/c1-16-10-2-3-13-11(6-10)12(8-15-13)9-4-5-14-7-9/h2-3,6,8-9,14-15H,4-5,7H2,1H3/t9-/m0/s1. The van der Waals surface area contributed by atoms with E-state index in [0.29, 0.717) is 5.92 Å². The van der Waals surface area contributed by atoms with Crippen LogP contribution in [0.5, 0.6) is 5.75 Å². The van der Waals surface area contributed by atoms with Crippen molar-refractivity contribution in [3.63, 3.8) is 0 Å². The molecule has 0 saturated carbocycles. The van der Waals surface area contributed by atoms with Gasteiger partial charge in [0.05, 0.1) is 7.11 Å². The van der Waals surface area contributed by atoms with Crippen molar-refractivity contribution in [1.29, 1.82) is 0 Å². The number of methoxy groups -OCH3 is 1. The van der Waals surface area contributed by atoms with Gasteiger partial charge in [-0.1, -0.05) is 0 Å². The molecule has 3 nitrogen and oxygen atoms in total. The number of benzene rings is 1. The van der Waals surface area contributed by atoms with Gasteiger partial charge in [0.2, 0.25) is 0 Å². The molecular weight excluding hydrogens is 200 g/mol. The molecule has 16 heavy (non-hydrogen) atoms. The summed E-state index contributed by atoms with van der Waals surface area (Å²) in [5.41, 5.74) is 2.61. The molecule has 2 aromatic rings. The third-order valence-corrected chi connectivity index (χ3v) is 3.42. The first-order valence-electron chi connectivity index (χ1n) is 5.74. The van der Waals surface area contributed by atoms with E-state index in [1.165, 1.54) is 22.9 Å². The predicted molar refractivity (Wildman–Crippen MR) is 65.1 cm³/mol. The van der Waals surface area contributed by atoms with Crippen molar-refractivity contribution in [2.24, 2.45) is 0 Å². The van der Waals surface area contributed by atoms with Crippen LogP contribution in [0.4, 0.5) is 0 Å². The molecule has 3 heteroatoms. The topological polar surface area (TPSA) is 37.0 Å². The predicted octanol–water partition coefficient (Wildman–Crippen LogP) is 2.25. The zero-order valence-corrected chi connectivity index (χ0v) is 9.42. The van der Waals surface area contributed by atoms with E-state index in [1.54, 1.807) is 7.11 Å². The molecule has 1 aromatic heterocycles. The largest absolute Gasteiger partial charge is 0.497 e. The summed E-state index contributed by atoms with van der Waals surface area (Å²) in [6.45, 7) is 2.21. The van der Waals surface area contributed by atoms with Crippen LogP contribution >= 0.6 is 0 Å². The van der Waals surface area contributed by atoms with Crippen molar-refractivity contribution >= 4 is 10.9 Å². The lowest BCUT2D eigenvalue weighted by atomic mass is 9.98. The summed E-state index contributed by atoms with van der Waals surface area (Å²) in [4.78, 5) is 3.33. The summed E-state index contributed by atoms with van der Waals surface area (Å²) in [6.07, 6.45) is 3.37. The van der Waals surface area contributed by atoms with Crippen LogP contribution < -0.4 is 10.1 Å². The van der Waals surface area contributed by atoms with Crippen LogP contribution in [-0.2, 0) is 0 Å². The van der Waals surface area contributed by atoms with E-state index < -0.39 is 0 Å². The first kappa shape index (κ1) is 9.73. The average Bonchev–Trinajstić information content (AvgIpc) is 2.96. The molecule has 2 N–H and O–H groups in total. The Morgan fingerprint density at radius 1 is 1.38 bits per heavy atom. The lowest BCUT2D eigenvalue weighted by molar-refractivity contribution is 0.415. The number of rotatable bonds is 2. The number of hydrogen-bond donors (Lipinski definition) is 2. The van der Waals surface area contributed by atoms with Crippen LogP contribution in [0, 0.1) is 0 Å². The Labute approximate surface area is 94.8 Å². The van der Waals surface area contributed by atoms with E-state index >= 15 is 0 Å². The maximum atomic E-state index is 5.28. The minimum absolute atomic E-state index is 0.640. The molecule has 1 aromatic carbocycles. The van der Waals surface area contributed by atoms with E-state index in [1.807, 2.05) is 6.07 Å². The summed E-state index contributed by atoms with van der Waals surface area (Å²) >= 11 is 0. The number of nitrogens with one attached hydrogen (secondary N) is 2. The van der Waals surface area contributed by atoms with Crippen molar-refractivity contribution in [2.45, 2.75) is 12.3 Å². The minimum Gasteiger partial charge on any atom is -0.497 e. The SMILES string of the molecule is COc1ccc2[nH]cc([C@H]3CCNC3)c2c1. The summed E-state index contributed by atoms with van der Waals surface area (Å²) in [5.74, 6) is 1.57. The summed E-state index contributed by atoms with van der Waals surface area (Å²) in [6, 6.07) is 6.20. The smallest absolute Gasteiger partial charge is 0.119 e. The third kappa shape index (κ3) is 1.48. The molecule has 0 amide bonds. The highest BCUT2D eigenvalue weighted by Gasteiger charge is 2.19. The Balaban J connectivity index is 2.09. The molecular formula is C13H16N2O. The fraction of sp³-hybridized carbons (Fsp3) is 0.385. The van der Waals surface area contributed by atoms with Crippen LogP contribution in [0.3, 0.4) is 0 Å². The van der Waals surface area contributed by atoms with Gasteiger partial charge in [-0.25, -0.2) is 0 Å². The molecule has 0 spiro atoms. The van der Waals surface area contributed by atoms with E-state index in [-0.39, 0.29) is 0 Å². The van der Waals surface area contributed by atoms with Crippen LogP contribution in [0.25, 0.3) is 10.9 Å². The molecule has 0 bridgehead atoms. The van der Waals surface area contributed by atoms with Gasteiger partial charge >= 0.3 is 0 Å². The van der Waals surface area contributed by atoms with Gasteiger partial charge in [0.25, 0.3) is 0 Å². The molecule has 0 unspecified atom stereocenters. The minimum atomic E-state index is 0.640. The van der Waals surface area contributed by atoms with Crippen molar-refractivity contribution in [1.82, 2.24) is 10.3 Å². The number of hydrogen-bond acceptors (Lipinski definition) is 2. The Morgan fingerprint density at radius 3 is 3.06 bits per heavy atom. The number of aromatic nitrogens is 1. The molecule has 1 aliphatic heterocycles. The van der Waals surface area contributed by atoms with Crippen LogP contribution in [0.2, 0.25) is 0 Å². The van der Waals surface area contributed by atoms with Crippen molar-refractivity contribution in [2.75, 3.05) is 20.2 Å². The third-order valence-electron chi connectivity index (χ3n) is 3.42. The Morgan fingerprint density at radius 2 is 2.31 bits per heavy atom. The highest BCUT2D eigenvalue weighted by molar-refractivity contribution is 5.85. The first-order chi connectivity index (χ1) is 7.88. The van der Waals surface area contributed by atoms with Gasteiger partial charge < -0.3 is 15.0 Å². The summed E-state index contributed by atoms with van der Waals surface area (Å²) in [7, 11) is 1.71. The molecule has 1 atom stereocenters. The number of fused-ring (bicyclic) bond motifs is 1. The van der Waals surface area contributed by atoms with Crippen molar-refractivity contribution < 1.29 is 4.74 Å². The molecule has 0 aliphatic carbocycles. The highest BCUT2D eigenvalue weighted by atomic mass is 16.5. The second kappa shape index (κ2) is 3.83. The van der Waals surface area contributed by atoms with Crippen molar-refractivity contribution in [3.8, 4) is 5.75 Å².